The first kappa shape index (κ1) is 17.4. The number of amides is 2. The predicted octanol–water partition coefficient (Wildman–Crippen LogP) is 1.26. The fourth-order valence-electron chi connectivity index (χ4n) is 1.64. The summed E-state index contributed by atoms with van der Waals surface area (Å²) in [4.78, 5) is 23.8. The average Bonchev–Trinajstić information content (AvgIpc) is 2.46. The third-order valence-electron chi connectivity index (χ3n) is 2.61. The number of benzene rings is 1. The van der Waals surface area contributed by atoms with E-state index in [0.717, 1.165) is 0 Å². The number of halogens is 1. The molecule has 0 spiro atoms. The average molecular weight is 314 g/mol. The van der Waals surface area contributed by atoms with Crippen molar-refractivity contribution >= 4 is 29.1 Å². The molecule has 0 fully saturated rings. The van der Waals surface area contributed by atoms with Gasteiger partial charge < -0.3 is 20.7 Å². The van der Waals surface area contributed by atoms with E-state index in [-0.39, 0.29) is 18.4 Å². The Morgan fingerprint density at radius 1 is 1.33 bits per heavy atom. The van der Waals surface area contributed by atoms with E-state index in [2.05, 4.69) is 16.0 Å². The maximum atomic E-state index is 11.9. The molecule has 0 heterocycles. The van der Waals surface area contributed by atoms with Crippen LogP contribution in [-0.4, -0.2) is 45.2 Å². The van der Waals surface area contributed by atoms with Crippen molar-refractivity contribution in [2.75, 3.05) is 38.7 Å². The molecule has 2 amide bonds. The molecule has 116 valence electrons. The molecule has 0 atom stereocenters. The van der Waals surface area contributed by atoms with E-state index in [0.29, 0.717) is 36.0 Å². The monoisotopic (exact) mass is 313 g/mol. The first-order valence-corrected chi connectivity index (χ1v) is 7.03. The number of ether oxygens (including phenoxy) is 1. The third kappa shape index (κ3) is 6.12. The van der Waals surface area contributed by atoms with E-state index in [1.165, 1.54) is 6.07 Å². The van der Waals surface area contributed by atoms with E-state index < -0.39 is 0 Å². The van der Waals surface area contributed by atoms with E-state index in [1.54, 1.807) is 19.2 Å². The van der Waals surface area contributed by atoms with Gasteiger partial charge in [-0.3, -0.25) is 9.59 Å². The SMILES string of the molecule is CCNC(=O)c1cc(Cl)ccc1NC(=O)CNCCOC. The van der Waals surface area contributed by atoms with Crippen LogP contribution in [-0.2, 0) is 9.53 Å². The molecule has 1 aromatic rings. The maximum absolute atomic E-state index is 11.9. The van der Waals surface area contributed by atoms with E-state index >= 15 is 0 Å². The summed E-state index contributed by atoms with van der Waals surface area (Å²) in [5, 5.41) is 8.74. The minimum Gasteiger partial charge on any atom is -0.383 e. The molecule has 0 saturated heterocycles. The number of rotatable bonds is 8. The molecule has 1 rings (SSSR count). The first-order chi connectivity index (χ1) is 10.1. The van der Waals surface area contributed by atoms with Crippen molar-refractivity contribution in [1.29, 1.82) is 0 Å². The van der Waals surface area contributed by atoms with Crippen LogP contribution in [0.15, 0.2) is 18.2 Å². The van der Waals surface area contributed by atoms with Gasteiger partial charge >= 0.3 is 0 Å². The van der Waals surface area contributed by atoms with Gasteiger partial charge in [0.25, 0.3) is 5.91 Å². The Kier molecular flexibility index (Phi) is 7.74. The van der Waals surface area contributed by atoms with Gasteiger partial charge in [0.2, 0.25) is 5.91 Å². The highest BCUT2D eigenvalue weighted by Gasteiger charge is 2.13. The van der Waals surface area contributed by atoms with Crippen molar-refractivity contribution in [3.05, 3.63) is 28.8 Å². The summed E-state index contributed by atoms with van der Waals surface area (Å²) in [6.07, 6.45) is 0. The Morgan fingerprint density at radius 2 is 2.10 bits per heavy atom. The van der Waals surface area contributed by atoms with Gasteiger partial charge in [0.05, 0.1) is 24.4 Å². The van der Waals surface area contributed by atoms with Crippen LogP contribution in [0.4, 0.5) is 5.69 Å². The Labute approximate surface area is 129 Å². The minimum atomic E-state index is -0.275. The highest BCUT2D eigenvalue weighted by Crippen LogP contribution is 2.20. The van der Waals surface area contributed by atoms with Crippen molar-refractivity contribution in [2.45, 2.75) is 6.92 Å². The molecular weight excluding hydrogens is 294 g/mol. The number of nitrogens with one attached hydrogen (secondary N) is 3. The molecule has 0 saturated carbocycles. The number of anilines is 1. The fraction of sp³-hybridized carbons (Fsp3) is 0.429. The van der Waals surface area contributed by atoms with Crippen LogP contribution < -0.4 is 16.0 Å². The summed E-state index contributed by atoms with van der Waals surface area (Å²) in [7, 11) is 1.59. The molecule has 0 aliphatic rings. The Bertz CT molecular complexity index is 494. The smallest absolute Gasteiger partial charge is 0.253 e. The molecule has 21 heavy (non-hydrogen) atoms. The molecule has 0 unspecified atom stereocenters. The topological polar surface area (TPSA) is 79.5 Å². The summed E-state index contributed by atoms with van der Waals surface area (Å²) in [5.74, 6) is -0.512. The van der Waals surface area contributed by atoms with Crippen LogP contribution in [0.2, 0.25) is 5.02 Å². The van der Waals surface area contributed by atoms with Gasteiger partial charge in [-0.1, -0.05) is 11.6 Å². The summed E-state index contributed by atoms with van der Waals surface area (Å²) in [6.45, 7) is 3.56. The molecule has 3 N–H and O–H groups in total. The predicted molar refractivity (Wildman–Crippen MR) is 82.8 cm³/mol. The zero-order chi connectivity index (χ0) is 15.7. The standard InChI is InChI=1S/C14H20ClN3O3/c1-3-17-14(20)11-8-10(15)4-5-12(11)18-13(19)9-16-6-7-21-2/h4-5,8,16H,3,6-7,9H2,1-2H3,(H,17,20)(H,18,19). The van der Waals surface area contributed by atoms with Gasteiger partial charge in [-0.2, -0.15) is 0 Å². The van der Waals surface area contributed by atoms with Gasteiger partial charge in [0, 0.05) is 25.2 Å². The second kappa shape index (κ2) is 9.33. The van der Waals surface area contributed by atoms with E-state index in [9.17, 15) is 9.59 Å². The van der Waals surface area contributed by atoms with Gasteiger partial charge in [0.1, 0.15) is 0 Å². The van der Waals surface area contributed by atoms with Crippen molar-refractivity contribution in [3.8, 4) is 0 Å². The van der Waals surface area contributed by atoms with Crippen molar-refractivity contribution < 1.29 is 14.3 Å². The second-order valence-electron chi connectivity index (χ2n) is 4.27. The Hall–Kier alpha value is -1.63. The summed E-state index contributed by atoms with van der Waals surface area (Å²) in [5.41, 5.74) is 0.776. The van der Waals surface area contributed by atoms with Crippen LogP contribution in [0.5, 0.6) is 0 Å². The highest BCUT2D eigenvalue weighted by atomic mass is 35.5. The lowest BCUT2D eigenvalue weighted by Gasteiger charge is -2.11. The van der Waals surface area contributed by atoms with Crippen LogP contribution in [0.1, 0.15) is 17.3 Å². The summed E-state index contributed by atoms with van der Waals surface area (Å²) >= 11 is 5.90. The quantitative estimate of drug-likeness (QED) is 0.631. The highest BCUT2D eigenvalue weighted by molar-refractivity contribution is 6.31. The van der Waals surface area contributed by atoms with Crippen LogP contribution >= 0.6 is 11.6 Å². The van der Waals surface area contributed by atoms with Crippen molar-refractivity contribution in [2.24, 2.45) is 0 Å². The molecule has 0 aromatic heterocycles. The molecular formula is C14H20ClN3O3. The summed E-state index contributed by atoms with van der Waals surface area (Å²) < 4.78 is 4.87. The lowest BCUT2D eigenvalue weighted by atomic mass is 10.1. The molecule has 6 nitrogen and oxygen atoms in total. The number of hydrogen-bond acceptors (Lipinski definition) is 4. The molecule has 7 heteroatoms. The maximum Gasteiger partial charge on any atom is 0.253 e. The second-order valence-corrected chi connectivity index (χ2v) is 4.70. The number of carbonyl (C=O) groups is 2. The molecule has 0 bridgehead atoms. The van der Waals surface area contributed by atoms with Gasteiger partial charge in [-0.25, -0.2) is 0 Å². The van der Waals surface area contributed by atoms with Gasteiger partial charge in [0.15, 0.2) is 0 Å². The molecule has 0 aliphatic heterocycles. The largest absolute Gasteiger partial charge is 0.383 e. The Morgan fingerprint density at radius 3 is 2.76 bits per heavy atom. The van der Waals surface area contributed by atoms with Crippen molar-refractivity contribution in [1.82, 2.24) is 10.6 Å². The van der Waals surface area contributed by atoms with Crippen LogP contribution in [0, 0.1) is 0 Å². The van der Waals surface area contributed by atoms with Crippen molar-refractivity contribution in [3.63, 3.8) is 0 Å². The van der Waals surface area contributed by atoms with Crippen LogP contribution in [0.25, 0.3) is 0 Å². The molecule has 1 aromatic carbocycles. The minimum absolute atomic E-state index is 0.140. The van der Waals surface area contributed by atoms with E-state index in [1.807, 2.05) is 6.92 Å². The number of methoxy groups -OCH3 is 1. The normalized spacial score (nSPS) is 10.2. The lowest BCUT2D eigenvalue weighted by Crippen LogP contribution is -2.31. The fourth-order valence-corrected chi connectivity index (χ4v) is 1.81. The molecule has 0 radical (unpaired) electrons. The first-order valence-electron chi connectivity index (χ1n) is 6.65. The van der Waals surface area contributed by atoms with Gasteiger partial charge in [-0.15, -0.1) is 0 Å². The Balaban J connectivity index is 2.69. The van der Waals surface area contributed by atoms with Gasteiger partial charge in [-0.05, 0) is 25.1 Å². The third-order valence-corrected chi connectivity index (χ3v) is 2.84. The van der Waals surface area contributed by atoms with E-state index in [4.69, 9.17) is 16.3 Å². The summed E-state index contributed by atoms with van der Waals surface area (Å²) in [6, 6.07) is 4.76. The number of hydrogen-bond donors (Lipinski definition) is 3. The number of carbonyl (C=O) groups excluding carboxylic acids is 2. The lowest BCUT2D eigenvalue weighted by molar-refractivity contribution is -0.115. The zero-order valence-electron chi connectivity index (χ0n) is 12.2. The van der Waals surface area contributed by atoms with Crippen LogP contribution in [0.3, 0.4) is 0 Å². The zero-order valence-corrected chi connectivity index (χ0v) is 12.9. The molecule has 0 aliphatic carbocycles.